The summed E-state index contributed by atoms with van der Waals surface area (Å²) in [6.07, 6.45) is 0.552. The number of nitrogens with one attached hydrogen (secondary N) is 1. The molecule has 5 heteroatoms. The zero-order valence-corrected chi connectivity index (χ0v) is 13.2. The van der Waals surface area contributed by atoms with Gasteiger partial charge < -0.3 is 15.8 Å². The topological polar surface area (TPSA) is 62.9 Å². The highest BCUT2D eigenvalue weighted by Crippen LogP contribution is 2.21. The average molecular weight is 270 g/mol. The lowest BCUT2D eigenvalue weighted by molar-refractivity contribution is -0.0939. The van der Waals surface area contributed by atoms with Gasteiger partial charge in [0.1, 0.15) is 0 Å². The maximum atomic E-state index is 5.86. The molecule has 0 amide bonds. The maximum Gasteiger partial charge on any atom is 0.188 e. The highest BCUT2D eigenvalue weighted by atomic mass is 16.5. The number of aliphatic imine (C=N–C) groups is 1. The van der Waals surface area contributed by atoms with Crippen LogP contribution in [0.25, 0.3) is 0 Å². The number of hydrogen-bond acceptors (Lipinski definition) is 3. The van der Waals surface area contributed by atoms with Crippen LogP contribution in [0.2, 0.25) is 0 Å². The first kappa shape index (κ1) is 16.2. The second kappa shape index (κ2) is 6.57. The molecule has 2 atom stereocenters. The van der Waals surface area contributed by atoms with Crippen LogP contribution >= 0.6 is 0 Å². The van der Waals surface area contributed by atoms with Crippen molar-refractivity contribution in [3.63, 3.8) is 0 Å². The molecular weight excluding hydrogens is 240 g/mol. The molecule has 2 unspecified atom stereocenters. The fourth-order valence-electron chi connectivity index (χ4n) is 2.39. The molecule has 1 heterocycles. The second-order valence-electron chi connectivity index (χ2n) is 6.48. The standard InChI is InChI=1S/C14H30N4O/c1-10(2)17-13(15)16-9-14(5,6)18-7-11(3)19-12(4)8-18/h10-12H,7-9H2,1-6H3,(H3,15,16,17). The van der Waals surface area contributed by atoms with Crippen LogP contribution in [0.15, 0.2) is 4.99 Å². The summed E-state index contributed by atoms with van der Waals surface area (Å²) in [6.45, 7) is 15.4. The van der Waals surface area contributed by atoms with Crippen molar-refractivity contribution < 1.29 is 4.74 Å². The van der Waals surface area contributed by atoms with E-state index in [0.717, 1.165) is 13.1 Å². The number of guanidine groups is 1. The van der Waals surface area contributed by atoms with Gasteiger partial charge in [0.2, 0.25) is 0 Å². The lowest BCUT2D eigenvalue weighted by Crippen LogP contribution is -2.56. The van der Waals surface area contributed by atoms with Crippen molar-refractivity contribution in [3.8, 4) is 0 Å². The Labute approximate surface area is 117 Å². The van der Waals surface area contributed by atoms with Crippen LogP contribution in [-0.4, -0.2) is 54.3 Å². The molecule has 0 saturated carbocycles. The number of rotatable bonds is 4. The van der Waals surface area contributed by atoms with Gasteiger partial charge >= 0.3 is 0 Å². The van der Waals surface area contributed by atoms with Crippen molar-refractivity contribution in [2.45, 2.75) is 65.3 Å². The summed E-state index contributed by atoms with van der Waals surface area (Å²) in [4.78, 5) is 6.90. The van der Waals surface area contributed by atoms with Gasteiger partial charge in [0, 0.05) is 24.7 Å². The maximum absolute atomic E-state index is 5.86. The summed E-state index contributed by atoms with van der Waals surface area (Å²) >= 11 is 0. The van der Waals surface area contributed by atoms with E-state index in [-0.39, 0.29) is 17.7 Å². The van der Waals surface area contributed by atoms with E-state index in [2.05, 4.69) is 56.8 Å². The molecule has 1 aliphatic heterocycles. The van der Waals surface area contributed by atoms with Gasteiger partial charge in [-0.2, -0.15) is 0 Å². The van der Waals surface area contributed by atoms with Crippen LogP contribution in [0.3, 0.4) is 0 Å². The van der Waals surface area contributed by atoms with Gasteiger partial charge in [-0.05, 0) is 41.5 Å². The van der Waals surface area contributed by atoms with Crippen molar-refractivity contribution in [2.75, 3.05) is 19.6 Å². The van der Waals surface area contributed by atoms with Crippen molar-refractivity contribution >= 4 is 5.96 Å². The third-order valence-electron chi connectivity index (χ3n) is 3.35. The van der Waals surface area contributed by atoms with E-state index in [1.165, 1.54) is 0 Å². The van der Waals surface area contributed by atoms with Gasteiger partial charge in [-0.25, -0.2) is 0 Å². The molecule has 0 spiro atoms. The van der Waals surface area contributed by atoms with Crippen LogP contribution in [0.1, 0.15) is 41.5 Å². The molecule has 0 radical (unpaired) electrons. The average Bonchev–Trinajstić information content (AvgIpc) is 2.24. The molecule has 112 valence electrons. The second-order valence-corrected chi connectivity index (χ2v) is 6.48. The molecule has 19 heavy (non-hydrogen) atoms. The molecule has 0 aliphatic carbocycles. The molecule has 0 bridgehead atoms. The lowest BCUT2D eigenvalue weighted by Gasteiger charge is -2.44. The Bertz CT molecular complexity index is 305. The molecule has 5 nitrogen and oxygen atoms in total. The minimum atomic E-state index is -0.00439. The number of hydrogen-bond donors (Lipinski definition) is 2. The predicted octanol–water partition coefficient (Wildman–Crippen LogP) is 1.19. The number of nitrogens with zero attached hydrogens (tertiary/aromatic N) is 2. The van der Waals surface area contributed by atoms with E-state index in [0.29, 0.717) is 18.5 Å². The van der Waals surface area contributed by atoms with Gasteiger partial charge in [-0.1, -0.05) is 0 Å². The summed E-state index contributed by atoms with van der Waals surface area (Å²) in [5.41, 5.74) is 5.86. The van der Waals surface area contributed by atoms with Crippen LogP contribution in [0.5, 0.6) is 0 Å². The Hall–Kier alpha value is -0.810. The normalized spacial score (nSPS) is 26.8. The molecule has 1 fully saturated rings. The van der Waals surface area contributed by atoms with E-state index in [1.54, 1.807) is 0 Å². The molecule has 1 rings (SSSR count). The minimum absolute atomic E-state index is 0.00439. The number of nitrogens with two attached hydrogens (primary N) is 1. The summed E-state index contributed by atoms with van der Waals surface area (Å²) in [6, 6.07) is 0.315. The number of morpholine rings is 1. The van der Waals surface area contributed by atoms with Crippen molar-refractivity contribution in [2.24, 2.45) is 10.7 Å². The van der Waals surface area contributed by atoms with Gasteiger partial charge in [0.05, 0.1) is 18.8 Å². The Morgan fingerprint density at radius 2 is 1.89 bits per heavy atom. The fraction of sp³-hybridized carbons (Fsp3) is 0.929. The van der Waals surface area contributed by atoms with Crippen molar-refractivity contribution in [1.29, 1.82) is 0 Å². The Morgan fingerprint density at radius 3 is 2.37 bits per heavy atom. The zero-order chi connectivity index (χ0) is 14.6. The highest BCUT2D eigenvalue weighted by Gasteiger charge is 2.32. The van der Waals surface area contributed by atoms with Crippen LogP contribution in [0.4, 0.5) is 0 Å². The quantitative estimate of drug-likeness (QED) is 0.595. The molecule has 3 N–H and O–H groups in total. The first-order chi connectivity index (χ1) is 8.70. The summed E-state index contributed by atoms with van der Waals surface area (Å²) in [7, 11) is 0. The SMILES string of the molecule is CC(C)NC(N)=NCC(C)(C)N1CC(C)OC(C)C1. The number of ether oxygens (including phenoxy) is 1. The smallest absolute Gasteiger partial charge is 0.188 e. The first-order valence-electron chi connectivity index (χ1n) is 7.17. The fourth-order valence-corrected chi connectivity index (χ4v) is 2.39. The molecule has 0 aromatic rings. The van der Waals surface area contributed by atoms with Gasteiger partial charge in [0.15, 0.2) is 5.96 Å². The highest BCUT2D eigenvalue weighted by molar-refractivity contribution is 5.78. The third-order valence-corrected chi connectivity index (χ3v) is 3.35. The van der Waals surface area contributed by atoms with Gasteiger partial charge in [-0.3, -0.25) is 9.89 Å². The van der Waals surface area contributed by atoms with E-state index < -0.39 is 0 Å². The molecule has 0 aromatic heterocycles. The molecule has 1 aliphatic rings. The van der Waals surface area contributed by atoms with Gasteiger partial charge in [-0.15, -0.1) is 0 Å². The van der Waals surface area contributed by atoms with Crippen LogP contribution < -0.4 is 11.1 Å². The summed E-state index contributed by atoms with van der Waals surface area (Å²) < 4.78 is 5.78. The van der Waals surface area contributed by atoms with Crippen LogP contribution in [0, 0.1) is 0 Å². The summed E-state index contributed by atoms with van der Waals surface area (Å²) in [5, 5.41) is 3.12. The molecule has 0 aromatic carbocycles. The van der Waals surface area contributed by atoms with Crippen molar-refractivity contribution in [1.82, 2.24) is 10.2 Å². The zero-order valence-electron chi connectivity index (χ0n) is 13.2. The Morgan fingerprint density at radius 1 is 1.37 bits per heavy atom. The largest absolute Gasteiger partial charge is 0.373 e. The molecule has 1 saturated heterocycles. The third kappa shape index (κ3) is 5.37. The first-order valence-corrected chi connectivity index (χ1v) is 7.17. The Kier molecular flexibility index (Phi) is 5.62. The van der Waals surface area contributed by atoms with Crippen molar-refractivity contribution in [3.05, 3.63) is 0 Å². The predicted molar refractivity (Wildman–Crippen MR) is 80.4 cm³/mol. The lowest BCUT2D eigenvalue weighted by atomic mass is 10.0. The van der Waals surface area contributed by atoms with E-state index in [9.17, 15) is 0 Å². The van der Waals surface area contributed by atoms with E-state index >= 15 is 0 Å². The van der Waals surface area contributed by atoms with E-state index in [4.69, 9.17) is 10.5 Å². The van der Waals surface area contributed by atoms with Crippen LogP contribution in [-0.2, 0) is 4.74 Å². The van der Waals surface area contributed by atoms with Gasteiger partial charge in [0.25, 0.3) is 0 Å². The summed E-state index contributed by atoms with van der Waals surface area (Å²) in [5.74, 6) is 0.525. The Balaban J connectivity index is 2.59. The monoisotopic (exact) mass is 270 g/mol. The minimum Gasteiger partial charge on any atom is -0.373 e. The van der Waals surface area contributed by atoms with E-state index in [1.807, 2.05) is 0 Å². The molecular formula is C14H30N4O.